The van der Waals surface area contributed by atoms with Gasteiger partial charge in [-0.2, -0.15) is 0 Å². The SMILES string of the molecule is CCSc1ccc(CC(=O)O)c(CC)c1. The van der Waals surface area contributed by atoms with Gasteiger partial charge in [-0.15, -0.1) is 11.8 Å². The second-order valence-corrected chi connectivity index (χ2v) is 4.63. The highest BCUT2D eigenvalue weighted by Gasteiger charge is 2.06. The Kier molecular flexibility index (Phi) is 4.69. The van der Waals surface area contributed by atoms with Gasteiger partial charge in [0.15, 0.2) is 0 Å². The van der Waals surface area contributed by atoms with Gasteiger partial charge in [0, 0.05) is 4.90 Å². The number of benzene rings is 1. The molecule has 0 radical (unpaired) electrons. The van der Waals surface area contributed by atoms with Gasteiger partial charge in [-0.05, 0) is 35.4 Å². The molecule has 0 saturated heterocycles. The number of rotatable bonds is 5. The van der Waals surface area contributed by atoms with E-state index in [1.54, 1.807) is 11.8 Å². The van der Waals surface area contributed by atoms with Gasteiger partial charge < -0.3 is 5.11 Å². The van der Waals surface area contributed by atoms with Crippen molar-refractivity contribution in [2.75, 3.05) is 5.75 Å². The molecule has 1 aromatic carbocycles. The van der Waals surface area contributed by atoms with Crippen molar-refractivity contribution in [2.24, 2.45) is 0 Å². The molecule has 0 heterocycles. The van der Waals surface area contributed by atoms with E-state index in [4.69, 9.17) is 5.11 Å². The number of carboxylic acid groups (broad SMARTS) is 1. The maximum absolute atomic E-state index is 10.6. The molecule has 2 nitrogen and oxygen atoms in total. The zero-order chi connectivity index (χ0) is 11.3. The Labute approximate surface area is 94.7 Å². The van der Waals surface area contributed by atoms with Gasteiger partial charge in [-0.25, -0.2) is 0 Å². The number of thioether (sulfide) groups is 1. The Morgan fingerprint density at radius 2 is 2.07 bits per heavy atom. The molecule has 0 saturated carbocycles. The molecule has 15 heavy (non-hydrogen) atoms. The Morgan fingerprint density at radius 3 is 2.60 bits per heavy atom. The van der Waals surface area contributed by atoms with Crippen LogP contribution in [-0.4, -0.2) is 16.8 Å². The summed E-state index contributed by atoms with van der Waals surface area (Å²) in [7, 11) is 0. The molecule has 0 bridgehead atoms. The standard InChI is InChI=1S/C12H16O2S/c1-3-9-7-11(15-4-2)6-5-10(9)8-12(13)14/h5-7H,3-4,8H2,1-2H3,(H,13,14). The summed E-state index contributed by atoms with van der Waals surface area (Å²) in [5.74, 6) is 0.280. The molecule has 3 heteroatoms. The van der Waals surface area contributed by atoms with Crippen LogP contribution in [0.4, 0.5) is 0 Å². The summed E-state index contributed by atoms with van der Waals surface area (Å²) in [6.07, 6.45) is 1.01. The quantitative estimate of drug-likeness (QED) is 0.781. The molecular weight excluding hydrogens is 208 g/mol. The van der Waals surface area contributed by atoms with Gasteiger partial charge in [0.05, 0.1) is 6.42 Å². The van der Waals surface area contributed by atoms with E-state index in [0.717, 1.165) is 23.3 Å². The first kappa shape index (κ1) is 12.1. The summed E-state index contributed by atoms with van der Waals surface area (Å²) in [6, 6.07) is 6.04. The van der Waals surface area contributed by atoms with Gasteiger partial charge in [-0.1, -0.05) is 19.9 Å². The molecule has 1 N–H and O–H groups in total. The van der Waals surface area contributed by atoms with Crippen molar-refractivity contribution in [1.29, 1.82) is 0 Å². The molecule has 0 aliphatic rings. The summed E-state index contributed by atoms with van der Waals surface area (Å²) in [6.45, 7) is 4.17. The average molecular weight is 224 g/mol. The monoisotopic (exact) mass is 224 g/mol. The van der Waals surface area contributed by atoms with E-state index in [9.17, 15) is 4.79 Å². The molecule has 0 aliphatic carbocycles. The van der Waals surface area contributed by atoms with Crippen LogP contribution < -0.4 is 0 Å². The van der Waals surface area contributed by atoms with Crippen LogP contribution >= 0.6 is 11.8 Å². The fraction of sp³-hybridized carbons (Fsp3) is 0.417. The summed E-state index contributed by atoms with van der Waals surface area (Å²) >= 11 is 1.78. The molecule has 0 aliphatic heterocycles. The Bertz CT molecular complexity index is 347. The Balaban J connectivity index is 2.92. The largest absolute Gasteiger partial charge is 0.481 e. The van der Waals surface area contributed by atoms with Gasteiger partial charge in [0.1, 0.15) is 0 Å². The summed E-state index contributed by atoms with van der Waals surface area (Å²) < 4.78 is 0. The highest BCUT2D eigenvalue weighted by atomic mass is 32.2. The van der Waals surface area contributed by atoms with Crippen LogP contribution in [0.25, 0.3) is 0 Å². The minimum atomic E-state index is -0.763. The number of hydrogen-bond donors (Lipinski definition) is 1. The lowest BCUT2D eigenvalue weighted by molar-refractivity contribution is -0.136. The third kappa shape index (κ3) is 3.59. The van der Waals surface area contributed by atoms with E-state index in [2.05, 4.69) is 19.9 Å². The fourth-order valence-electron chi connectivity index (χ4n) is 1.52. The van der Waals surface area contributed by atoms with Crippen LogP contribution in [0.2, 0.25) is 0 Å². The lowest BCUT2D eigenvalue weighted by Gasteiger charge is -2.07. The van der Waals surface area contributed by atoms with Crippen molar-refractivity contribution < 1.29 is 9.90 Å². The third-order valence-corrected chi connectivity index (χ3v) is 3.09. The number of aryl methyl sites for hydroxylation is 1. The van der Waals surface area contributed by atoms with Crippen molar-refractivity contribution >= 4 is 17.7 Å². The van der Waals surface area contributed by atoms with Crippen molar-refractivity contribution in [1.82, 2.24) is 0 Å². The highest BCUT2D eigenvalue weighted by Crippen LogP contribution is 2.22. The number of carbonyl (C=O) groups is 1. The molecule has 0 atom stereocenters. The summed E-state index contributed by atoms with van der Waals surface area (Å²) in [4.78, 5) is 11.9. The normalized spacial score (nSPS) is 10.3. The van der Waals surface area contributed by atoms with Crippen LogP contribution in [0.3, 0.4) is 0 Å². The van der Waals surface area contributed by atoms with Gasteiger partial charge in [-0.3, -0.25) is 4.79 Å². The van der Waals surface area contributed by atoms with Gasteiger partial charge in [0.2, 0.25) is 0 Å². The van der Waals surface area contributed by atoms with Crippen molar-refractivity contribution in [2.45, 2.75) is 31.6 Å². The first-order valence-electron chi connectivity index (χ1n) is 5.13. The second kappa shape index (κ2) is 5.81. The predicted molar refractivity (Wildman–Crippen MR) is 63.6 cm³/mol. The molecule has 0 spiro atoms. The molecule has 0 amide bonds. The summed E-state index contributed by atoms with van der Waals surface area (Å²) in [5, 5.41) is 8.75. The van der Waals surface area contributed by atoms with Crippen LogP contribution in [0.15, 0.2) is 23.1 Å². The lowest BCUT2D eigenvalue weighted by atomic mass is 10.0. The number of hydrogen-bond acceptors (Lipinski definition) is 2. The van der Waals surface area contributed by atoms with Crippen LogP contribution in [0.5, 0.6) is 0 Å². The van der Waals surface area contributed by atoms with E-state index in [1.165, 1.54) is 4.90 Å². The van der Waals surface area contributed by atoms with Crippen LogP contribution in [0, 0.1) is 0 Å². The van der Waals surface area contributed by atoms with Gasteiger partial charge in [0.25, 0.3) is 0 Å². The molecule has 0 fully saturated rings. The minimum Gasteiger partial charge on any atom is -0.481 e. The first-order chi connectivity index (χ1) is 7.17. The van der Waals surface area contributed by atoms with Crippen LogP contribution in [-0.2, 0) is 17.6 Å². The predicted octanol–water partition coefficient (Wildman–Crippen LogP) is 2.99. The van der Waals surface area contributed by atoms with E-state index in [1.807, 2.05) is 12.1 Å². The van der Waals surface area contributed by atoms with Crippen molar-refractivity contribution in [3.8, 4) is 0 Å². The van der Waals surface area contributed by atoms with E-state index >= 15 is 0 Å². The molecule has 82 valence electrons. The smallest absolute Gasteiger partial charge is 0.307 e. The Morgan fingerprint density at radius 1 is 1.33 bits per heavy atom. The third-order valence-electron chi connectivity index (χ3n) is 2.21. The number of aliphatic carboxylic acids is 1. The minimum absolute atomic E-state index is 0.125. The van der Waals surface area contributed by atoms with E-state index < -0.39 is 5.97 Å². The van der Waals surface area contributed by atoms with Crippen LogP contribution in [0.1, 0.15) is 25.0 Å². The van der Waals surface area contributed by atoms with Crippen molar-refractivity contribution in [3.05, 3.63) is 29.3 Å². The van der Waals surface area contributed by atoms with E-state index in [-0.39, 0.29) is 6.42 Å². The molecule has 0 aromatic heterocycles. The van der Waals surface area contributed by atoms with E-state index in [0.29, 0.717) is 0 Å². The molecule has 0 unspecified atom stereocenters. The maximum atomic E-state index is 10.6. The molecule has 1 rings (SSSR count). The van der Waals surface area contributed by atoms with Gasteiger partial charge >= 0.3 is 5.97 Å². The van der Waals surface area contributed by atoms with Crippen molar-refractivity contribution in [3.63, 3.8) is 0 Å². The lowest BCUT2D eigenvalue weighted by Crippen LogP contribution is -2.03. The maximum Gasteiger partial charge on any atom is 0.307 e. The average Bonchev–Trinajstić information content (AvgIpc) is 2.20. The second-order valence-electron chi connectivity index (χ2n) is 3.29. The topological polar surface area (TPSA) is 37.3 Å². The highest BCUT2D eigenvalue weighted by molar-refractivity contribution is 7.99. The first-order valence-corrected chi connectivity index (χ1v) is 6.12. The zero-order valence-electron chi connectivity index (χ0n) is 9.12. The molecule has 1 aromatic rings. The zero-order valence-corrected chi connectivity index (χ0v) is 9.93. The summed E-state index contributed by atoms with van der Waals surface area (Å²) in [5.41, 5.74) is 2.08. The molecular formula is C12H16O2S. The fourth-order valence-corrected chi connectivity index (χ4v) is 2.25. The Hall–Kier alpha value is -0.960. The number of carboxylic acids is 1.